The van der Waals surface area contributed by atoms with Crippen molar-refractivity contribution < 1.29 is 14.4 Å². The summed E-state index contributed by atoms with van der Waals surface area (Å²) in [5.74, 6) is 1.53. The van der Waals surface area contributed by atoms with Gasteiger partial charge in [-0.05, 0) is 31.9 Å². The first-order valence-electron chi connectivity index (χ1n) is 9.15. The molecule has 0 saturated carbocycles. The number of hydrogen-bond acceptors (Lipinski definition) is 5. The lowest BCUT2D eigenvalue weighted by molar-refractivity contribution is -0.141. The molecular weight excluding hydrogens is 382 g/mol. The second-order valence-corrected chi connectivity index (χ2v) is 8.80. The fraction of sp³-hybridized carbons (Fsp3) is 0.526. The third kappa shape index (κ3) is 5.42. The highest BCUT2D eigenvalue weighted by molar-refractivity contribution is 8.00. The lowest BCUT2D eigenvalue weighted by Gasteiger charge is -2.27. The largest absolute Gasteiger partial charge is 0.341 e. The molecule has 0 spiro atoms. The van der Waals surface area contributed by atoms with E-state index in [1.807, 2.05) is 36.1 Å². The van der Waals surface area contributed by atoms with Crippen LogP contribution in [0.2, 0.25) is 0 Å². The maximum Gasteiger partial charge on any atom is 0.246 e. The van der Waals surface area contributed by atoms with Crippen molar-refractivity contribution in [3.05, 3.63) is 29.8 Å². The van der Waals surface area contributed by atoms with Crippen LogP contribution in [-0.4, -0.2) is 69.8 Å². The van der Waals surface area contributed by atoms with Crippen LogP contribution in [0.3, 0.4) is 0 Å². The van der Waals surface area contributed by atoms with E-state index in [0.717, 1.165) is 37.2 Å². The van der Waals surface area contributed by atoms with Crippen LogP contribution in [0.1, 0.15) is 18.4 Å². The van der Waals surface area contributed by atoms with Gasteiger partial charge in [0.05, 0.1) is 17.4 Å². The van der Waals surface area contributed by atoms with E-state index in [2.05, 4.69) is 5.32 Å². The Morgan fingerprint density at radius 2 is 1.85 bits per heavy atom. The average Bonchev–Trinajstić information content (AvgIpc) is 3.35. The molecule has 3 amide bonds. The highest BCUT2D eigenvalue weighted by atomic mass is 32.2. The number of likely N-dealkylation sites (tertiary alicyclic amines) is 1. The molecule has 2 saturated heterocycles. The predicted molar refractivity (Wildman–Crippen MR) is 111 cm³/mol. The van der Waals surface area contributed by atoms with Gasteiger partial charge >= 0.3 is 0 Å². The van der Waals surface area contributed by atoms with Gasteiger partial charge in [0.1, 0.15) is 6.04 Å². The molecule has 8 heteroatoms. The van der Waals surface area contributed by atoms with Crippen LogP contribution < -0.4 is 5.32 Å². The van der Waals surface area contributed by atoms with Crippen LogP contribution in [0.25, 0.3) is 0 Å². The fourth-order valence-electron chi connectivity index (χ4n) is 3.19. The van der Waals surface area contributed by atoms with Gasteiger partial charge in [-0.25, -0.2) is 0 Å². The molecular formula is C19H25N3O3S2. The van der Waals surface area contributed by atoms with Crippen molar-refractivity contribution in [1.29, 1.82) is 0 Å². The number of rotatable bonds is 6. The number of anilines is 1. The first-order chi connectivity index (χ1) is 13.0. The summed E-state index contributed by atoms with van der Waals surface area (Å²) in [7, 11) is 0. The van der Waals surface area contributed by atoms with Gasteiger partial charge in [-0.2, -0.15) is 0 Å². The van der Waals surface area contributed by atoms with E-state index in [4.69, 9.17) is 0 Å². The first-order valence-corrected chi connectivity index (χ1v) is 11.5. The molecule has 146 valence electrons. The minimum absolute atomic E-state index is 0.0642. The molecule has 0 radical (unpaired) electrons. The molecule has 0 unspecified atom stereocenters. The molecule has 2 aliphatic heterocycles. The SMILES string of the molecule is Cc1ccc(NC(=O)CSCC(=O)N2CSC[C@H]2C(=O)N2CCCC2)cc1. The maximum absolute atomic E-state index is 12.6. The number of amides is 3. The van der Waals surface area contributed by atoms with E-state index < -0.39 is 0 Å². The molecule has 6 nitrogen and oxygen atoms in total. The van der Waals surface area contributed by atoms with E-state index in [9.17, 15) is 14.4 Å². The minimum atomic E-state index is -0.345. The van der Waals surface area contributed by atoms with Crippen LogP contribution in [0.4, 0.5) is 5.69 Å². The first kappa shape index (κ1) is 20.1. The van der Waals surface area contributed by atoms with Crippen molar-refractivity contribution in [2.75, 3.05) is 41.5 Å². The van der Waals surface area contributed by atoms with Gasteiger partial charge in [0, 0.05) is 24.5 Å². The van der Waals surface area contributed by atoms with Crippen molar-refractivity contribution in [1.82, 2.24) is 9.80 Å². The summed E-state index contributed by atoms with van der Waals surface area (Å²) in [5.41, 5.74) is 1.89. The summed E-state index contributed by atoms with van der Waals surface area (Å²) < 4.78 is 0. The molecule has 2 heterocycles. The number of benzene rings is 1. The highest BCUT2D eigenvalue weighted by Crippen LogP contribution is 2.25. The van der Waals surface area contributed by atoms with E-state index in [1.165, 1.54) is 11.8 Å². The van der Waals surface area contributed by atoms with Crippen molar-refractivity contribution in [3.63, 3.8) is 0 Å². The number of thioether (sulfide) groups is 2. The highest BCUT2D eigenvalue weighted by Gasteiger charge is 2.37. The number of carbonyl (C=O) groups is 3. The van der Waals surface area contributed by atoms with Gasteiger partial charge in [0.15, 0.2) is 0 Å². The topological polar surface area (TPSA) is 69.7 Å². The van der Waals surface area contributed by atoms with Crippen molar-refractivity contribution in [2.45, 2.75) is 25.8 Å². The van der Waals surface area contributed by atoms with E-state index >= 15 is 0 Å². The summed E-state index contributed by atoms with van der Waals surface area (Å²) in [5, 5.41) is 2.83. The molecule has 2 aliphatic rings. The predicted octanol–water partition coefficient (Wildman–Crippen LogP) is 2.19. The second-order valence-electron chi connectivity index (χ2n) is 6.82. The Morgan fingerprint density at radius 3 is 2.56 bits per heavy atom. The van der Waals surface area contributed by atoms with Crippen LogP contribution >= 0.6 is 23.5 Å². The quantitative estimate of drug-likeness (QED) is 0.783. The van der Waals surface area contributed by atoms with Gasteiger partial charge in [-0.3, -0.25) is 14.4 Å². The van der Waals surface area contributed by atoms with Crippen LogP contribution in [0.15, 0.2) is 24.3 Å². The number of nitrogens with one attached hydrogen (secondary N) is 1. The zero-order valence-corrected chi connectivity index (χ0v) is 17.1. The minimum Gasteiger partial charge on any atom is -0.341 e. The molecule has 0 aliphatic carbocycles. The van der Waals surface area contributed by atoms with Gasteiger partial charge in [-0.15, -0.1) is 23.5 Å². The normalized spacial score (nSPS) is 19.4. The third-order valence-corrected chi connectivity index (χ3v) is 6.63. The summed E-state index contributed by atoms with van der Waals surface area (Å²) in [6.45, 7) is 3.59. The van der Waals surface area contributed by atoms with Crippen molar-refractivity contribution in [2.24, 2.45) is 0 Å². The Labute approximate surface area is 168 Å². The van der Waals surface area contributed by atoms with Crippen LogP contribution in [0, 0.1) is 6.92 Å². The molecule has 2 fully saturated rings. The molecule has 27 heavy (non-hydrogen) atoms. The van der Waals surface area contributed by atoms with Crippen LogP contribution in [-0.2, 0) is 14.4 Å². The summed E-state index contributed by atoms with van der Waals surface area (Å²) in [4.78, 5) is 40.7. The molecule has 0 bridgehead atoms. The molecule has 1 N–H and O–H groups in total. The average molecular weight is 408 g/mol. The van der Waals surface area contributed by atoms with Gasteiger partial charge < -0.3 is 15.1 Å². The molecule has 0 aromatic heterocycles. The second kappa shape index (κ2) is 9.50. The Morgan fingerprint density at radius 1 is 1.15 bits per heavy atom. The lowest BCUT2D eigenvalue weighted by atomic mass is 10.2. The Balaban J connectivity index is 1.43. The number of nitrogens with zero attached hydrogens (tertiary/aromatic N) is 2. The van der Waals surface area contributed by atoms with Crippen molar-refractivity contribution in [3.8, 4) is 0 Å². The van der Waals surface area contributed by atoms with Gasteiger partial charge in [0.25, 0.3) is 0 Å². The number of carbonyl (C=O) groups excluding carboxylic acids is 3. The van der Waals surface area contributed by atoms with E-state index in [1.54, 1.807) is 16.7 Å². The van der Waals surface area contributed by atoms with E-state index in [-0.39, 0.29) is 35.3 Å². The van der Waals surface area contributed by atoms with Gasteiger partial charge in [-0.1, -0.05) is 17.7 Å². The zero-order valence-electron chi connectivity index (χ0n) is 15.5. The molecule has 1 atom stereocenters. The Hall–Kier alpha value is -1.67. The smallest absolute Gasteiger partial charge is 0.246 e. The maximum atomic E-state index is 12.6. The van der Waals surface area contributed by atoms with Crippen LogP contribution in [0.5, 0.6) is 0 Å². The Kier molecular flexibility index (Phi) is 7.07. The monoisotopic (exact) mass is 407 g/mol. The summed E-state index contributed by atoms with van der Waals surface area (Å²) >= 11 is 2.90. The molecule has 1 aromatic rings. The lowest BCUT2D eigenvalue weighted by Crippen LogP contribution is -2.48. The summed E-state index contributed by atoms with van der Waals surface area (Å²) in [6, 6.07) is 7.25. The Bertz CT molecular complexity index is 690. The molecule has 3 rings (SSSR count). The fourth-order valence-corrected chi connectivity index (χ4v) is 5.06. The van der Waals surface area contributed by atoms with Crippen molar-refractivity contribution >= 4 is 46.9 Å². The molecule has 1 aromatic carbocycles. The summed E-state index contributed by atoms with van der Waals surface area (Å²) in [6.07, 6.45) is 2.09. The van der Waals surface area contributed by atoms with Gasteiger partial charge in [0.2, 0.25) is 17.7 Å². The number of hydrogen-bond donors (Lipinski definition) is 1. The zero-order chi connectivity index (χ0) is 19.2. The standard InChI is InChI=1S/C19H25N3O3S2/c1-14-4-6-15(7-5-14)20-17(23)11-26-12-18(24)22-13-27-10-16(22)19(25)21-8-2-3-9-21/h4-7,16H,2-3,8-13H2,1H3,(H,20,23)/t16-/m0/s1. The third-order valence-electron chi connectivity index (χ3n) is 4.70. The van der Waals surface area contributed by atoms with E-state index in [0.29, 0.717) is 11.6 Å². The number of aryl methyl sites for hydroxylation is 1.